The molecule has 4 rings (SSSR count). The third kappa shape index (κ3) is 4.00. The first kappa shape index (κ1) is 21.6. The fourth-order valence-corrected chi connectivity index (χ4v) is 6.23. The number of carbonyl (C=O) groups is 1. The van der Waals surface area contributed by atoms with Gasteiger partial charge >= 0.3 is 0 Å². The smallest absolute Gasteiger partial charge is 0.219 e. The van der Waals surface area contributed by atoms with E-state index in [9.17, 15) is 10.1 Å². The summed E-state index contributed by atoms with van der Waals surface area (Å²) in [6.45, 7) is 6.30. The molecule has 0 spiro atoms. The molecule has 160 valence electrons. The molecule has 1 aromatic heterocycles. The van der Waals surface area contributed by atoms with E-state index in [0.29, 0.717) is 33.8 Å². The summed E-state index contributed by atoms with van der Waals surface area (Å²) < 4.78 is 0.845. The van der Waals surface area contributed by atoms with Gasteiger partial charge in [0.1, 0.15) is 5.82 Å². The van der Waals surface area contributed by atoms with Crippen LogP contribution in [0.2, 0.25) is 0 Å². The van der Waals surface area contributed by atoms with E-state index >= 15 is 0 Å². The number of carbonyl (C=O) groups excluding carboxylic acids is 1. The van der Waals surface area contributed by atoms with Gasteiger partial charge in [-0.1, -0.05) is 68.1 Å². The van der Waals surface area contributed by atoms with Crippen molar-refractivity contribution in [3.05, 3.63) is 58.1 Å². The number of aryl methyl sites for hydroxylation is 1. The molecule has 0 saturated heterocycles. The molecule has 0 amide bonds. The number of allylic oxidation sites excluding steroid dienone is 3. The molecule has 6 nitrogen and oxygen atoms in total. The highest BCUT2D eigenvalue weighted by atomic mass is 32.2. The molecule has 0 bridgehead atoms. The van der Waals surface area contributed by atoms with Crippen LogP contribution in [0.5, 0.6) is 0 Å². The molecule has 1 aliphatic heterocycles. The molecule has 8 heteroatoms. The largest absolute Gasteiger partial charge is 0.384 e. The van der Waals surface area contributed by atoms with Crippen molar-refractivity contribution in [2.75, 3.05) is 4.90 Å². The zero-order chi connectivity index (χ0) is 22.1. The first-order chi connectivity index (χ1) is 14.9. The molecule has 2 aromatic rings. The Balaban J connectivity index is 1.86. The van der Waals surface area contributed by atoms with E-state index < -0.39 is 5.92 Å². The molecule has 0 radical (unpaired) electrons. The van der Waals surface area contributed by atoms with Crippen LogP contribution in [-0.2, 0) is 11.2 Å². The summed E-state index contributed by atoms with van der Waals surface area (Å²) in [5.74, 6) is -0.0116. The first-order valence-electron chi connectivity index (χ1n) is 10.5. The highest BCUT2D eigenvalue weighted by Crippen LogP contribution is 2.47. The van der Waals surface area contributed by atoms with E-state index in [4.69, 9.17) is 5.73 Å². The number of rotatable bonds is 5. The van der Waals surface area contributed by atoms with E-state index in [-0.39, 0.29) is 5.78 Å². The van der Waals surface area contributed by atoms with E-state index in [1.807, 2.05) is 12.1 Å². The zero-order valence-electron chi connectivity index (χ0n) is 17.9. The fraction of sp³-hybridized carbons (Fsp3) is 0.391. The summed E-state index contributed by atoms with van der Waals surface area (Å²) in [5.41, 5.74) is 10.6. The Kier molecular flexibility index (Phi) is 6.17. The van der Waals surface area contributed by atoms with Gasteiger partial charge in [0.25, 0.3) is 0 Å². The van der Waals surface area contributed by atoms with Crippen molar-refractivity contribution in [2.24, 2.45) is 5.73 Å². The Bertz CT molecular complexity index is 1110. The Labute approximate surface area is 190 Å². The minimum Gasteiger partial charge on any atom is -0.384 e. The van der Waals surface area contributed by atoms with Crippen LogP contribution in [-0.4, -0.2) is 21.2 Å². The number of hydrogen-bond donors (Lipinski definition) is 1. The normalized spacial score (nSPS) is 19.1. The molecule has 1 aromatic carbocycles. The number of benzene rings is 1. The van der Waals surface area contributed by atoms with Crippen LogP contribution in [0.4, 0.5) is 5.13 Å². The van der Waals surface area contributed by atoms with Gasteiger partial charge in [-0.2, -0.15) is 5.26 Å². The predicted molar refractivity (Wildman–Crippen MR) is 125 cm³/mol. The van der Waals surface area contributed by atoms with E-state index in [1.54, 1.807) is 16.7 Å². The minimum atomic E-state index is -0.438. The average molecular weight is 452 g/mol. The summed E-state index contributed by atoms with van der Waals surface area (Å²) in [6, 6.07) is 10.4. The van der Waals surface area contributed by atoms with Gasteiger partial charge in [0.2, 0.25) is 5.13 Å². The molecule has 1 unspecified atom stereocenters. The topological polar surface area (TPSA) is 95.9 Å². The number of aromatic nitrogens is 2. The third-order valence-corrected chi connectivity index (χ3v) is 7.55. The molecule has 1 aliphatic carbocycles. The molecular weight excluding hydrogens is 426 g/mol. The van der Waals surface area contributed by atoms with E-state index in [2.05, 4.69) is 49.2 Å². The fourth-order valence-electron chi connectivity index (χ4n) is 4.13. The van der Waals surface area contributed by atoms with Crippen molar-refractivity contribution in [2.45, 2.75) is 62.0 Å². The Morgan fingerprint density at radius 2 is 2.03 bits per heavy atom. The first-order valence-corrected chi connectivity index (χ1v) is 12.2. The lowest BCUT2D eigenvalue weighted by Crippen LogP contribution is -2.38. The van der Waals surface area contributed by atoms with Gasteiger partial charge < -0.3 is 5.73 Å². The monoisotopic (exact) mass is 451 g/mol. The number of nitriles is 1. The molecular formula is C23H25N5OS2. The number of nitrogens with two attached hydrogens (primary N) is 1. The number of thioether (sulfide) groups is 1. The lowest BCUT2D eigenvalue weighted by atomic mass is 9.75. The summed E-state index contributed by atoms with van der Waals surface area (Å²) in [6.07, 6.45) is 2.90. The van der Waals surface area contributed by atoms with Crippen molar-refractivity contribution >= 4 is 34.0 Å². The average Bonchev–Trinajstić information content (AvgIpc) is 3.20. The van der Waals surface area contributed by atoms with Gasteiger partial charge in [-0.15, -0.1) is 10.2 Å². The van der Waals surface area contributed by atoms with Gasteiger partial charge in [0, 0.05) is 22.9 Å². The lowest BCUT2D eigenvalue weighted by molar-refractivity contribution is -0.116. The van der Waals surface area contributed by atoms with Crippen LogP contribution in [0.25, 0.3) is 0 Å². The minimum absolute atomic E-state index is 0.0809. The van der Waals surface area contributed by atoms with Crippen molar-refractivity contribution in [3.8, 4) is 6.07 Å². The zero-order valence-corrected chi connectivity index (χ0v) is 19.5. The number of hydrogen-bond acceptors (Lipinski definition) is 8. The maximum Gasteiger partial charge on any atom is 0.219 e. The second-order valence-corrected chi connectivity index (χ2v) is 10.7. The van der Waals surface area contributed by atoms with Crippen LogP contribution < -0.4 is 10.6 Å². The van der Waals surface area contributed by atoms with Crippen LogP contribution in [0.1, 0.15) is 57.1 Å². The maximum absolute atomic E-state index is 13.1. The quantitative estimate of drug-likeness (QED) is 0.646. The molecule has 2 heterocycles. The number of anilines is 1. The van der Waals surface area contributed by atoms with Gasteiger partial charge in [-0.3, -0.25) is 9.69 Å². The molecule has 2 aliphatic rings. The standard InChI is InChI=1S/C23H25N5OS2/c1-4-14-8-10-15(11-9-14)19-16(12-24)21(25)28(17-6-5-7-18(29)20(17)19)22-26-27-23(31-22)30-13(2)3/h8-11,13,19H,4-7,25H2,1-3H3. The summed E-state index contributed by atoms with van der Waals surface area (Å²) in [4.78, 5) is 14.9. The van der Waals surface area contributed by atoms with Crippen LogP contribution >= 0.6 is 23.1 Å². The van der Waals surface area contributed by atoms with E-state index in [1.165, 1.54) is 16.9 Å². The molecule has 2 N–H and O–H groups in total. The van der Waals surface area contributed by atoms with Gasteiger partial charge in [0.15, 0.2) is 10.1 Å². The molecule has 31 heavy (non-hydrogen) atoms. The number of nitrogens with zero attached hydrogens (tertiary/aromatic N) is 4. The van der Waals surface area contributed by atoms with E-state index in [0.717, 1.165) is 34.9 Å². The van der Waals surface area contributed by atoms with Gasteiger partial charge in [-0.25, -0.2) is 0 Å². The number of ketones is 1. The highest BCUT2D eigenvalue weighted by molar-refractivity contribution is 8.01. The maximum atomic E-state index is 13.1. The van der Waals surface area contributed by atoms with Gasteiger partial charge in [0.05, 0.1) is 17.6 Å². The highest BCUT2D eigenvalue weighted by Gasteiger charge is 2.41. The molecule has 0 saturated carbocycles. The second-order valence-electron chi connectivity index (χ2n) is 7.93. The molecule has 0 fully saturated rings. The molecule has 1 atom stereocenters. The SMILES string of the molecule is CCc1ccc(C2C(C#N)=C(N)N(c3nnc(SC(C)C)s3)C3=C2C(=O)CCC3)cc1. The van der Waals surface area contributed by atoms with Crippen molar-refractivity contribution < 1.29 is 4.79 Å². The summed E-state index contributed by atoms with van der Waals surface area (Å²) in [7, 11) is 0. The Morgan fingerprint density at radius 1 is 1.29 bits per heavy atom. The third-order valence-electron chi connectivity index (χ3n) is 5.56. The van der Waals surface area contributed by atoms with Crippen molar-refractivity contribution in [3.63, 3.8) is 0 Å². The number of Topliss-reactive ketones (excluding diaryl/α,β-unsaturated/α-hetero) is 1. The van der Waals surface area contributed by atoms with Crippen LogP contribution in [0.3, 0.4) is 0 Å². The van der Waals surface area contributed by atoms with Crippen molar-refractivity contribution in [1.82, 2.24) is 10.2 Å². The van der Waals surface area contributed by atoms with Gasteiger partial charge in [-0.05, 0) is 30.4 Å². The second kappa shape index (κ2) is 8.85. The van der Waals surface area contributed by atoms with Crippen LogP contribution in [0.15, 0.2) is 51.3 Å². The Hall–Kier alpha value is -2.63. The van der Waals surface area contributed by atoms with Crippen LogP contribution in [0, 0.1) is 11.3 Å². The van der Waals surface area contributed by atoms with Crippen molar-refractivity contribution in [1.29, 1.82) is 5.26 Å². The summed E-state index contributed by atoms with van der Waals surface area (Å²) in [5, 5.41) is 19.7. The lowest BCUT2D eigenvalue weighted by Gasteiger charge is -2.38. The summed E-state index contributed by atoms with van der Waals surface area (Å²) >= 11 is 3.08. The predicted octanol–water partition coefficient (Wildman–Crippen LogP) is 4.91. The Morgan fingerprint density at radius 3 is 2.68 bits per heavy atom.